The Morgan fingerprint density at radius 2 is 1.86 bits per heavy atom. The number of amides is 1. The third kappa shape index (κ3) is 5.53. The van der Waals surface area contributed by atoms with Gasteiger partial charge in [0.15, 0.2) is 0 Å². The molecule has 0 spiro atoms. The lowest BCUT2D eigenvalue weighted by Gasteiger charge is -2.27. The van der Waals surface area contributed by atoms with Crippen LogP contribution in [0.15, 0.2) is 24.5 Å². The zero-order valence-corrected chi connectivity index (χ0v) is 13.3. The van der Waals surface area contributed by atoms with Crippen molar-refractivity contribution in [3.8, 4) is 0 Å². The molecule has 1 rings (SSSR count). The lowest BCUT2D eigenvalue weighted by molar-refractivity contribution is -0.158. The molecule has 1 aromatic heterocycles. The highest BCUT2D eigenvalue weighted by molar-refractivity contribution is 5.96. The van der Waals surface area contributed by atoms with Gasteiger partial charge in [-0.25, -0.2) is 4.79 Å². The summed E-state index contributed by atoms with van der Waals surface area (Å²) in [5, 5.41) is 2.77. The van der Waals surface area contributed by atoms with Crippen molar-refractivity contribution in [2.24, 2.45) is 5.92 Å². The highest BCUT2D eigenvalue weighted by atomic mass is 16.6. The second-order valence-electron chi connectivity index (χ2n) is 6.11. The molecule has 2 atom stereocenters. The number of aromatic nitrogens is 1. The minimum atomic E-state index is -0.658. The second-order valence-corrected chi connectivity index (χ2v) is 6.11. The second kappa shape index (κ2) is 7.20. The predicted octanol–water partition coefficient (Wildman–Crippen LogP) is 2.57. The van der Waals surface area contributed by atoms with Crippen LogP contribution < -0.4 is 5.32 Å². The molecule has 0 unspecified atom stereocenters. The van der Waals surface area contributed by atoms with Crippen molar-refractivity contribution < 1.29 is 14.3 Å². The Hall–Kier alpha value is -1.91. The van der Waals surface area contributed by atoms with E-state index in [0.29, 0.717) is 5.56 Å². The van der Waals surface area contributed by atoms with Crippen LogP contribution in [-0.2, 0) is 9.53 Å². The molecule has 116 valence electrons. The number of rotatable bonds is 5. The monoisotopic (exact) mass is 292 g/mol. The SMILES string of the molecule is CC[C@H](C)[C@H](NC(=O)c1ccncc1)C(=O)OC(C)(C)C. The topological polar surface area (TPSA) is 68.3 Å². The Bertz CT molecular complexity index is 480. The van der Waals surface area contributed by atoms with Gasteiger partial charge in [-0.15, -0.1) is 0 Å². The largest absolute Gasteiger partial charge is 0.458 e. The van der Waals surface area contributed by atoms with Gasteiger partial charge in [0, 0.05) is 18.0 Å². The normalized spacial score (nSPS) is 14.1. The number of nitrogens with one attached hydrogen (secondary N) is 1. The van der Waals surface area contributed by atoms with Gasteiger partial charge < -0.3 is 10.1 Å². The molecule has 0 fully saturated rings. The molecule has 1 amide bonds. The molecule has 21 heavy (non-hydrogen) atoms. The average molecular weight is 292 g/mol. The van der Waals surface area contributed by atoms with E-state index in [4.69, 9.17) is 4.74 Å². The molecule has 0 aliphatic heterocycles. The molecule has 0 saturated carbocycles. The molecule has 5 heteroatoms. The molecule has 0 aromatic carbocycles. The number of hydrogen-bond donors (Lipinski definition) is 1. The Labute approximate surface area is 126 Å². The van der Waals surface area contributed by atoms with Crippen LogP contribution in [-0.4, -0.2) is 28.5 Å². The van der Waals surface area contributed by atoms with E-state index in [1.54, 1.807) is 24.5 Å². The van der Waals surface area contributed by atoms with Gasteiger partial charge in [0.1, 0.15) is 11.6 Å². The fourth-order valence-electron chi connectivity index (χ4n) is 1.76. The van der Waals surface area contributed by atoms with Gasteiger partial charge in [0.05, 0.1) is 0 Å². The molecule has 1 N–H and O–H groups in total. The molecule has 5 nitrogen and oxygen atoms in total. The summed E-state index contributed by atoms with van der Waals surface area (Å²) in [5.74, 6) is -0.710. The maximum atomic E-state index is 12.3. The number of hydrogen-bond acceptors (Lipinski definition) is 4. The third-order valence-electron chi connectivity index (χ3n) is 3.10. The van der Waals surface area contributed by atoms with Crippen LogP contribution in [0.3, 0.4) is 0 Å². The van der Waals surface area contributed by atoms with Crippen molar-refractivity contribution in [1.29, 1.82) is 0 Å². The van der Waals surface area contributed by atoms with Crippen molar-refractivity contribution in [2.75, 3.05) is 0 Å². The first-order valence-corrected chi connectivity index (χ1v) is 7.18. The van der Waals surface area contributed by atoms with E-state index in [9.17, 15) is 9.59 Å². The Morgan fingerprint density at radius 3 is 2.33 bits per heavy atom. The van der Waals surface area contributed by atoms with E-state index in [-0.39, 0.29) is 11.8 Å². The van der Waals surface area contributed by atoms with Gasteiger partial charge in [-0.3, -0.25) is 9.78 Å². The molecule has 0 bridgehead atoms. The number of carbonyl (C=O) groups is 2. The summed E-state index contributed by atoms with van der Waals surface area (Å²) in [6.45, 7) is 9.32. The zero-order chi connectivity index (χ0) is 16.0. The van der Waals surface area contributed by atoms with Crippen LogP contribution in [0.2, 0.25) is 0 Å². The first kappa shape index (κ1) is 17.1. The minimum Gasteiger partial charge on any atom is -0.458 e. The minimum absolute atomic E-state index is 0.00867. The van der Waals surface area contributed by atoms with Crippen LogP contribution in [0.4, 0.5) is 0 Å². The van der Waals surface area contributed by atoms with E-state index >= 15 is 0 Å². The summed E-state index contributed by atoms with van der Waals surface area (Å²) in [5.41, 5.74) is -0.105. The van der Waals surface area contributed by atoms with Crippen molar-refractivity contribution in [1.82, 2.24) is 10.3 Å². The Morgan fingerprint density at radius 1 is 1.29 bits per heavy atom. The Balaban J connectivity index is 2.84. The molecule has 0 aliphatic rings. The maximum Gasteiger partial charge on any atom is 0.329 e. The molecule has 0 aliphatic carbocycles. The van der Waals surface area contributed by atoms with E-state index in [0.717, 1.165) is 6.42 Å². The molecule has 0 radical (unpaired) electrons. The third-order valence-corrected chi connectivity index (χ3v) is 3.10. The predicted molar refractivity (Wildman–Crippen MR) is 80.8 cm³/mol. The van der Waals surface area contributed by atoms with E-state index in [1.807, 2.05) is 34.6 Å². The number of nitrogens with zero attached hydrogens (tertiary/aromatic N) is 1. The van der Waals surface area contributed by atoms with Crippen molar-refractivity contribution in [3.05, 3.63) is 30.1 Å². The van der Waals surface area contributed by atoms with Crippen LogP contribution in [0.5, 0.6) is 0 Å². The quantitative estimate of drug-likeness (QED) is 0.847. The van der Waals surface area contributed by atoms with Crippen molar-refractivity contribution in [3.63, 3.8) is 0 Å². The fourth-order valence-corrected chi connectivity index (χ4v) is 1.76. The smallest absolute Gasteiger partial charge is 0.329 e. The van der Waals surface area contributed by atoms with E-state index < -0.39 is 17.6 Å². The van der Waals surface area contributed by atoms with Gasteiger partial charge in [0.2, 0.25) is 0 Å². The van der Waals surface area contributed by atoms with E-state index in [1.165, 1.54) is 0 Å². The van der Waals surface area contributed by atoms with Crippen molar-refractivity contribution >= 4 is 11.9 Å². The highest BCUT2D eigenvalue weighted by Crippen LogP contribution is 2.15. The van der Waals surface area contributed by atoms with Gasteiger partial charge in [-0.05, 0) is 38.8 Å². The fraction of sp³-hybridized carbons (Fsp3) is 0.562. The summed E-state index contributed by atoms with van der Waals surface area (Å²) in [6, 6.07) is 2.56. The molecular formula is C16H24N2O3. The van der Waals surface area contributed by atoms with Gasteiger partial charge >= 0.3 is 5.97 Å². The lowest BCUT2D eigenvalue weighted by Crippen LogP contribution is -2.47. The molecule has 1 heterocycles. The first-order valence-electron chi connectivity index (χ1n) is 7.18. The molecular weight excluding hydrogens is 268 g/mol. The van der Waals surface area contributed by atoms with Crippen LogP contribution in [0.25, 0.3) is 0 Å². The molecule has 0 saturated heterocycles. The van der Waals surface area contributed by atoms with Gasteiger partial charge in [-0.2, -0.15) is 0 Å². The van der Waals surface area contributed by atoms with E-state index in [2.05, 4.69) is 10.3 Å². The summed E-state index contributed by atoms with van der Waals surface area (Å²) in [7, 11) is 0. The summed E-state index contributed by atoms with van der Waals surface area (Å²) < 4.78 is 5.39. The van der Waals surface area contributed by atoms with Crippen molar-refractivity contribution in [2.45, 2.75) is 52.7 Å². The number of pyridine rings is 1. The zero-order valence-electron chi connectivity index (χ0n) is 13.3. The Kier molecular flexibility index (Phi) is 5.88. The van der Waals surface area contributed by atoms with Gasteiger partial charge in [0.25, 0.3) is 5.91 Å². The number of esters is 1. The maximum absolute atomic E-state index is 12.3. The number of carbonyl (C=O) groups excluding carboxylic acids is 2. The summed E-state index contributed by atoms with van der Waals surface area (Å²) in [4.78, 5) is 28.3. The molecule has 1 aromatic rings. The van der Waals surface area contributed by atoms with Crippen LogP contribution >= 0.6 is 0 Å². The first-order chi connectivity index (χ1) is 9.74. The highest BCUT2D eigenvalue weighted by Gasteiger charge is 2.30. The van der Waals surface area contributed by atoms with Gasteiger partial charge in [-0.1, -0.05) is 20.3 Å². The average Bonchev–Trinajstić information content (AvgIpc) is 2.42. The number of ether oxygens (including phenoxy) is 1. The van der Waals surface area contributed by atoms with Crippen LogP contribution in [0, 0.1) is 5.92 Å². The lowest BCUT2D eigenvalue weighted by atomic mass is 9.98. The van der Waals surface area contributed by atoms with Crippen LogP contribution in [0.1, 0.15) is 51.4 Å². The summed E-state index contributed by atoms with van der Waals surface area (Å²) in [6.07, 6.45) is 3.85. The summed E-state index contributed by atoms with van der Waals surface area (Å²) >= 11 is 0. The standard InChI is InChI=1S/C16H24N2O3/c1-6-11(2)13(15(20)21-16(3,4)5)18-14(19)12-7-9-17-10-8-12/h7-11,13H,6H2,1-5H3,(H,18,19)/t11-,13-/m0/s1.